The normalized spacial score (nSPS) is 10.6. The van der Waals surface area contributed by atoms with Gasteiger partial charge in [-0.2, -0.15) is 0 Å². The number of fused-ring (bicyclic) bond motifs is 1. The number of carbonyl (C=O) groups is 2. The minimum Gasteiger partial charge on any atom is -0.646 e. The molecule has 3 aromatic carbocycles. The smallest absolute Gasteiger partial charge is 0.646 e. The molecule has 0 aliphatic carbocycles. The maximum absolute atomic E-state index is 13.7. The summed E-state index contributed by atoms with van der Waals surface area (Å²) in [5, 5.41) is 3.02. The molecule has 50 heavy (non-hydrogen) atoms. The summed E-state index contributed by atoms with van der Waals surface area (Å²) in [6.45, 7) is 10.3. The molecule has 0 radical (unpaired) electrons. The van der Waals surface area contributed by atoms with E-state index in [0.717, 1.165) is 17.5 Å². The predicted molar refractivity (Wildman–Crippen MR) is 195 cm³/mol. The van der Waals surface area contributed by atoms with E-state index in [0.29, 0.717) is 46.3 Å². The molecule has 0 fully saturated rings. The van der Waals surface area contributed by atoms with E-state index in [9.17, 15) is 14.4 Å². The largest absolute Gasteiger partial charge is 1.00 e. The zero-order chi connectivity index (χ0) is 36.5. The number of ether oxygens (including phenoxy) is 6. The second-order valence-electron chi connectivity index (χ2n) is 10.2. The van der Waals surface area contributed by atoms with E-state index in [1.807, 2.05) is 38.1 Å². The third-order valence-corrected chi connectivity index (χ3v) is 7.67. The van der Waals surface area contributed by atoms with E-state index < -0.39 is 0 Å². The number of aldehydes is 1. The molecule has 1 atom stereocenters. The minimum absolute atomic E-state index is 0. The summed E-state index contributed by atoms with van der Waals surface area (Å²) in [5.41, 5.74) is 1.72. The van der Waals surface area contributed by atoms with Crippen LogP contribution >= 0.6 is 11.8 Å². The Kier molecular flexibility index (Phi) is 20.9. The molecule has 0 bridgehead atoms. The van der Waals surface area contributed by atoms with Crippen LogP contribution in [-0.4, -0.2) is 65.5 Å². The average molecular weight is 736 g/mol. The number of amides is 1. The predicted octanol–water partition coefficient (Wildman–Crippen LogP) is 5.54. The number of hydrogen-bond donors (Lipinski definition) is 0. The number of rotatable bonds is 13. The molecule has 1 amide bonds. The first kappa shape index (κ1) is 44.8. The van der Waals surface area contributed by atoms with Gasteiger partial charge in [-0.3, -0.25) is 4.79 Å². The number of hydrogen-bond acceptors (Lipinski definition) is 11. The van der Waals surface area contributed by atoms with Crippen molar-refractivity contribution in [1.29, 1.82) is 0 Å². The number of methoxy groups -OCH3 is 4. The Labute approximate surface area is 341 Å². The molecule has 0 N–H and O–H groups in total. The Balaban J connectivity index is 0.000000908. The first-order valence-electron chi connectivity index (χ1n) is 15.7. The molecule has 0 aliphatic rings. The van der Waals surface area contributed by atoms with Crippen LogP contribution in [0.2, 0.25) is 0 Å². The number of thioether (sulfide) groups is 1. The summed E-state index contributed by atoms with van der Waals surface area (Å²) < 4.78 is 39.7. The van der Waals surface area contributed by atoms with Crippen LogP contribution in [0.3, 0.4) is 0 Å². The first-order chi connectivity index (χ1) is 23.6. The van der Waals surface area contributed by atoms with Crippen molar-refractivity contribution in [2.24, 2.45) is 0 Å². The Morgan fingerprint density at radius 2 is 1.44 bits per heavy atom. The summed E-state index contributed by atoms with van der Waals surface area (Å²) in [4.78, 5) is 34.1. The third kappa shape index (κ3) is 12.5. The molecule has 0 spiro atoms. The van der Waals surface area contributed by atoms with Gasteiger partial charge in [-0.05, 0) is 48.7 Å². The van der Waals surface area contributed by atoms with Crippen molar-refractivity contribution in [3.63, 3.8) is 0 Å². The zero-order valence-electron chi connectivity index (χ0n) is 30.8. The Morgan fingerprint density at radius 3 is 1.98 bits per heavy atom. The monoisotopic (exact) mass is 735 g/mol. The molecular formula is C37H46KNO10S. The van der Waals surface area contributed by atoms with Gasteiger partial charge in [0.25, 0.3) is 0 Å². The van der Waals surface area contributed by atoms with Crippen molar-refractivity contribution >= 4 is 34.3 Å². The van der Waals surface area contributed by atoms with Gasteiger partial charge in [0.15, 0.2) is 17.3 Å². The van der Waals surface area contributed by atoms with Gasteiger partial charge < -0.3 is 47.7 Å². The molecule has 0 aliphatic heterocycles. The number of carbonyl (C=O) groups excluding carboxylic acids is 2. The molecule has 1 heterocycles. The van der Waals surface area contributed by atoms with Gasteiger partial charge in [-0.15, -0.1) is 7.05 Å². The fourth-order valence-electron chi connectivity index (χ4n) is 4.31. The van der Waals surface area contributed by atoms with Crippen LogP contribution in [0.25, 0.3) is 27.6 Å². The van der Waals surface area contributed by atoms with Crippen molar-refractivity contribution in [1.82, 2.24) is 0 Å². The number of benzene rings is 3. The molecule has 0 saturated carbocycles. The maximum Gasteiger partial charge on any atom is 1.00 e. The van der Waals surface area contributed by atoms with Gasteiger partial charge in [0.1, 0.15) is 53.0 Å². The van der Waals surface area contributed by atoms with Gasteiger partial charge in [0, 0.05) is 17.7 Å². The summed E-state index contributed by atoms with van der Waals surface area (Å²) in [6.07, 6.45) is 0.716. The second kappa shape index (κ2) is 23.3. The second-order valence-corrected chi connectivity index (χ2v) is 11.6. The van der Waals surface area contributed by atoms with Crippen molar-refractivity contribution in [3.8, 4) is 45.8 Å². The maximum atomic E-state index is 13.7. The molecule has 13 heteroatoms. The fourth-order valence-corrected chi connectivity index (χ4v) is 4.79. The van der Waals surface area contributed by atoms with Crippen LogP contribution in [0.1, 0.15) is 46.1 Å². The van der Waals surface area contributed by atoms with Gasteiger partial charge in [-0.25, -0.2) is 0 Å². The molecule has 4 rings (SSSR count). The summed E-state index contributed by atoms with van der Waals surface area (Å²) >= 11 is 0.926. The van der Waals surface area contributed by atoms with Gasteiger partial charge in [0.05, 0.1) is 33.7 Å². The van der Waals surface area contributed by atoms with Gasteiger partial charge in [0.2, 0.25) is 11.2 Å². The summed E-state index contributed by atoms with van der Waals surface area (Å²) in [5.74, 6) is 3.26. The molecular weight excluding hydrogens is 690 g/mol. The molecule has 1 aromatic heterocycles. The van der Waals surface area contributed by atoms with Crippen molar-refractivity contribution in [2.45, 2.75) is 45.8 Å². The Bertz CT molecular complexity index is 1710. The molecule has 4 aromatic rings. The average Bonchev–Trinajstić information content (AvgIpc) is 3.14. The summed E-state index contributed by atoms with van der Waals surface area (Å²) in [6, 6.07) is 16.4. The van der Waals surface area contributed by atoms with E-state index >= 15 is 0 Å². The zero-order valence-corrected chi connectivity index (χ0v) is 34.7. The molecule has 1 unspecified atom stereocenters. The standard InChI is InChI=1S/C30H32O8.C5H9NO2S.C2H6.K/c1-18(2)19-7-10-21(11-8-19)36-13-14-37-30-28(31)27-25(35-6)16-22(32-3)17-26(27)38-29(30)20-9-12-23(33-4)24(15-20)34-5;1-4(3-7)9-5(8)6-2;1-2;/h7-12,15-18H,13-14H2,1-6H3;3-4H,1-2H3,(H,6,8);1-2H3;/q;;;+1/p-1. The SMILES string of the molecule is CC.COc1cc(OC)c2c(=O)c(OCCOc3ccc(C(C)C)cc3)c(-c3ccc(OC)c(OC)c3)oc2c1.C[N-]C(=O)SC(C)C=O.[K+]. The van der Waals surface area contributed by atoms with E-state index in [2.05, 4.69) is 19.2 Å². The van der Waals surface area contributed by atoms with Gasteiger partial charge >= 0.3 is 51.4 Å². The molecule has 0 saturated heterocycles. The van der Waals surface area contributed by atoms with Crippen LogP contribution in [0, 0.1) is 0 Å². The topological polar surface area (TPSA) is 134 Å². The number of nitrogens with zero attached hydrogens (tertiary/aromatic N) is 1. The summed E-state index contributed by atoms with van der Waals surface area (Å²) in [7, 11) is 7.51. The van der Waals surface area contributed by atoms with Crippen LogP contribution < -0.4 is 85.2 Å². The van der Waals surface area contributed by atoms with Crippen molar-refractivity contribution in [2.75, 3.05) is 48.7 Å². The van der Waals surface area contributed by atoms with Crippen LogP contribution in [-0.2, 0) is 4.79 Å². The molecule has 11 nitrogen and oxygen atoms in total. The van der Waals surface area contributed by atoms with E-state index in [4.69, 9.17) is 32.8 Å². The minimum atomic E-state index is -0.378. The van der Waals surface area contributed by atoms with Crippen molar-refractivity contribution in [3.05, 3.63) is 75.7 Å². The Morgan fingerprint density at radius 1 is 0.820 bits per heavy atom. The quantitative estimate of drug-likeness (QED) is 0.0974. The van der Waals surface area contributed by atoms with Crippen molar-refractivity contribution < 1.29 is 93.8 Å². The van der Waals surface area contributed by atoms with Crippen LogP contribution in [0.15, 0.2) is 63.8 Å². The van der Waals surface area contributed by atoms with E-state index in [1.54, 1.807) is 44.4 Å². The third-order valence-electron chi connectivity index (χ3n) is 6.80. The molecule has 266 valence electrons. The van der Waals surface area contributed by atoms with Gasteiger partial charge in [-0.1, -0.05) is 51.6 Å². The first-order valence-corrected chi connectivity index (χ1v) is 16.5. The van der Waals surface area contributed by atoms with E-state index in [-0.39, 0.29) is 97.4 Å². The Hall–Kier alpha value is -3.20. The fraction of sp³-hybridized carbons (Fsp3) is 0.378. The van der Waals surface area contributed by atoms with Crippen LogP contribution in [0.4, 0.5) is 4.79 Å². The van der Waals surface area contributed by atoms with E-state index in [1.165, 1.54) is 33.9 Å². The van der Waals surface area contributed by atoms with Crippen LogP contribution in [0.5, 0.6) is 34.5 Å².